The highest BCUT2D eigenvalue weighted by molar-refractivity contribution is 5.84. The summed E-state index contributed by atoms with van der Waals surface area (Å²) in [4.78, 5) is 26.1. The van der Waals surface area contributed by atoms with Crippen LogP contribution in [0.25, 0.3) is 44.3 Å². The van der Waals surface area contributed by atoms with Gasteiger partial charge in [0, 0.05) is 52.9 Å². The topological polar surface area (TPSA) is 76.5 Å². The van der Waals surface area contributed by atoms with Gasteiger partial charge in [-0.25, -0.2) is 0 Å². The number of nitrogens with zero attached hydrogens (tertiary/aromatic N) is 6. The first kappa shape index (κ1) is 41.0. The molecule has 6 aliphatic rings. The fraction of sp³-hybridized carbons (Fsp3) is 0.393. The van der Waals surface area contributed by atoms with Crippen LogP contribution >= 0.6 is 0 Å². The van der Waals surface area contributed by atoms with E-state index in [2.05, 4.69) is 141 Å². The second kappa shape index (κ2) is 17.4. The lowest BCUT2D eigenvalue weighted by Gasteiger charge is -2.52. The minimum absolute atomic E-state index is 0.159. The summed E-state index contributed by atoms with van der Waals surface area (Å²) in [6, 6.07) is 38.7. The van der Waals surface area contributed by atoms with Crippen molar-refractivity contribution >= 4 is 21.8 Å². The second-order valence-electron chi connectivity index (χ2n) is 19.2. The molecule has 0 spiro atoms. The first-order valence-electron chi connectivity index (χ1n) is 24.0. The van der Waals surface area contributed by atoms with Crippen LogP contribution in [0.5, 0.6) is 11.8 Å². The quantitative estimate of drug-likeness (QED) is 0.120. The molecule has 7 aromatic rings. The Morgan fingerprint density at radius 2 is 1.05 bits per heavy atom. The van der Waals surface area contributed by atoms with Crippen molar-refractivity contribution in [2.75, 3.05) is 26.2 Å². The van der Waals surface area contributed by atoms with E-state index in [4.69, 9.17) is 29.4 Å². The number of pyridine rings is 2. The second-order valence-corrected chi connectivity index (χ2v) is 19.2. The average Bonchev–Trinajstić information content (AvgIpc) is 3.35. The number of piperidine rings is 6. The zero-order valence-corrected chi connectivity index (χ0v) is 37.7. The van der Waals surface area contributed by atoms with Crippen LogP contribution in [0.3, 0.4) is 0 Å². The first-order valence-corrected chi connectivity index (χ1v) is 24.0. The number of aromatic nitrogens is 4. The highest BCUT2D eigenvalue weighted by Crippen LogP contribution is 2.49. The molecule has 6 saturated heterocycles. The molecule has 3 aromatic heterocycles. The van der Waals surface area contributed by atoms with E-state index in [1.165, 1.54) is 36.8 Å². The monoisotopic (exact) mass is 848 g/mol. The molecule has 0 radical (unpaired) electrons. The Kier molecular flexibility index (Phi) is 11.1. The number of hydrogen-bond acceptors (Lipinski definition) is 8. The average molecular weight is 849 g/mol. The van der Waals surface area contributed by atoms with Gasteiger partial charge in [0.2, 0.25) is 11.8 Å². The molecule has 8 heteroatoms. The van der Waals surface area contributed by atoms with Crippen molar-refractivity contribution in [2.24, 2.45) is 23.7 Å². The maximum atomic E-state index is 7.77. The molecule has 6 aliphatic heterocycles. The van der Waals surface area contributed by atoms with Crippen LogP contribution in [-0.4, -0.2) is 68.0 Å². The molecule has 0 saturated carbocycles. The zero-order chi connectivity index (χ0) is 43.3. The van der Waals surface area contributed by atoms with E-state index in [-0.39, 0.29) is 24.3 Å². The fourth-order valence-electron chi connectivity index (χ4n) is 12.1. The lowest BCUT2D eigenvalue weighted by molar-refractivity contribution is -0.0510. The van der Waals surface area contributed by atoms with E-state index in [0.717, 1.165) is 88.6 Å². The van der Waals surface area contributed by atoms with Crippen LogP contribution in [0.2, 0.25) is 0 Å². The van der Waals surface area contributed by atoms with Crippen molar-refractivity contribution in [3.05, 3.63) is 144 Å². The maximum Gasteiger partial charge on any atom is 0.229 e. The molecular formula is C56H60N6O2. The predicted octanol–water partition coefficient (Wildman–Crippen LogP) is 12.0. The van der Waals surface area contributed by atoms with Gasteiger partial charge in [0.15, 0.2) is 5.82 Å². The number of aryl methyl sites for hydroxylation is 2. The fourth-order valence-corrected chi connectivity index (χ4v) is 12.1. The highest BCUT2D eigenvalue weighted by Gasteiger charge is 2.46. The summed E-state index contributed by atoms with van der Waals surface area (Å²) in [6.07, 6.45) is 10.3. The molecule has 0 amide bonds. The Hall–Kier alpha value is -5.70. The minimum atomic E-state index is -0.323. The van der Waals surface area contributed by atoms with E-state index in [9.17, 15) is 0 Å². The zero-order valence-electron chi connectivity index (χ0n) is 37.7. The molecule has 4 unspecified atom stereocenters. The third-order valence-corrected chi connectivity index (χ3v) is 15.5. The predicted molar refractivity (Wildman–Crippen MR) is 256 cm³/mol. The number of ether oxygens (including phenoxy) is 2. The first-order chi connectivity index (χ1) is 31.4. The maximum absolute atomic E-state index is 7.77. The van der Waals surface area contributed by atoms with Gasteiger partial charge >= 0.3 is 0 Å². The number of rotatable bonds is 12. The van der Waals surface area contributed by atoms with Crippen molar-refractivity contribution in [1.29, 1.82) is 0 Å². The van der Waals surface area contributed by atoms with Crippen molar-refractivity contribution in [1.82, 2.24) is 29.7 Å². The normalized spacial score (nSPS) is 25.9. The third kappa shape index (κ3) is 7.62. The molecule has 4 aromatic carbocycles. The molecule has 0 N–H and O–H groups in total. The molecule has 64 heavy (non-hydrogen) atoms. The van der Waals surface area contributed by atoms with Gasteiger partial charge in [-0.1, -0.05) is 111 Å². The summed E-state index contributed by atoms with van der Waals surface area (Å²) in [5.74, 6) is 4.39. The molecule has 8 nitrogen and oxygen atoms in total. The Labute approximate surface area is 378 Å². The van der Waals surface area contributed by atoms with E-state index >= 15 is 0 Å². The number of benzene rings is 4. The van der Waals surface area contributed by atoms with Gasteiger partial charge in [0.1, 0.15) is 17.8 Å². The summed E-state index contributed by atoms with van der Waals surface area (Å²) in [5.41, 5.74) is 9.31. The van der Waals surface area contributed by atoms with Crippen LogP contribution in [0.4, 0.5) is 0 Å². The van der Waals surface area contributed by atoms with Crippen LogP contribution < -0.4 is 9.47 Å². The summed E-state index contributed by atoms with van der Waals surface area (Å²) < 4.78 is 15.5. The molecule has 10 atom stereocenters. The van der Waals surface area contributed by atoms with Crippen molar-refractivity contribution < 1.29 is 9.47 Å². The van der Waals surface area contributed by atoms with Gasteiger partial charge in [-0.2, -0.15) is 9.97 Å². The molecule has 13 rings (SSSR count). The van der Waals surface area contributed by atoms with Crippen molar-refractivity contribution in [3.63, 3.8) is 0 Å². The summed E-state index contributed by atoms with van der Waals surface area (Å²) in [7, 11) is 0. The van der Waals surface area contributed by atoms with Gasteiger partial charge < -0.3 is 9.47 Å². The van der Waals surface area contributed by atoms with E-state index in [1.807, 2.05) is 18.5 Å². The summed E-state index contributed by atoms with van der Waals surface area (Å²) in [6.45, 7) is 13.4. The number of fused-ring (bicyclic) bond motifs is 8. The summed E-state index contributed by atoms with van der Waals surface area (Å²) >= 11 is 0. The van der Waals surface area contributed by atoms with Gasteiger partial charge in [0.05, 0.1) is 23.1 Å². The molecule has 6 fully saturated rings. The van der Waals surface area contributed by atoms with Crippen LogP contribution in [0.1, 0.15) is 86.8 Å². The van der Waals surface area contributed by atoms with Crippen LogP contribution in [0, 0.1) is 37.5 Å². The Bertz CT molecular complexity index is 2630. The molecule has 0 aliphatic carbocycles. The third-order valence-electron chi connectivity index (χ3n) is 15.5. The van der Waals surface area contributed by atoms with Crippen molar-refractivity contribution in [3.8, 4) is 34.3 Å². The largest absolute Gasteiger partial charge is 0.467 e. The standard InChI is InChI=1S/C56H60N6O2/c1-5-37-33-61-27-23-41(37)31-49(61)52(43-21-25-57-47-19-17-35(3)29-45(43)47)63-55-51(39-13-9-7-10-14-39)56(60-54(59-55)40-15-11-8-12-16-40)64-53(50-32-42-24-28-62(50)34-38(42)6-2)44-22-26-58-48-20-18-36(4)30-46(44)48/h7-22,25-26,29-30,37-38,41-42,49-50,52-53H,5-6,23-24,27-28,31-34H2,1-4H3/t37-,38?,41+,42?,49+,50+,52-,53-/m0/s1. The van der Waals surface area contributed by atoms with Gasteiger partial charge in [-0.3, -0.25) is 19.8 Å². The van der Waals surface area contributed by atoms with E-state index in [1.54, 1.807) is 0 Å². The minimum Gasteiger partial charge on any atom is -0.467 e. The van der Waals surface area contributed by atoms with E-state index in [0.29, 0.717) is 41.3 Å². The molecule has 326 valence electrons. The van der Waals surface area contributed by atoms with Crippen LogP contribution in [-0.2, 0) is 0 Å². The highest BCUT2D eigenvalue weighted by atomic mass is 16.5. The Morgan fingerprint density at radius 3 is 1.48 bits per heavy atom. The molecular weight excluding hydrogens is 789 g/mol. The van der Waals surface area contributed by atoms with Gasteiger partial charge in [0.25, 0.3) is 0 Å². The van der Waals surface area contributed by atoms with Gasteiger partial charge in [-0.05, 0) is 118 Å². The lowest BCUT2D eigenvalue weighted by Crippen LogP contribution is -2.56. The number of hydrogen-bond donors (Lipinski definition) is 0. The summed E-state index contributed by atoms with van der Waals surface area (Å²) in [5, 5.41) is 2.26. The van der Waals surface area contributed by atoms with Crippen LogP contribution in [0.15, 0.2) is 122 Å². The van der Waals surface area contributed by atoms with Crippen molar-refractivity contribution in [2.45, 2.75) is 90.5 Å². The smallest absolute Gasteiger partial charge is 0.229 e. The molecule has 4 bridgehead atoms. The molecule has 9 heterocycles. The Balaban J connectivity index is 1.12. The van der Waals surface area contributed by atoms with E-state index < -0.39 is 0 Å². The lowest BCUT2D eigenvalue weighted by atomic mass is 9.72. The van der Waals surface area contributed by atoms with Gasteiger partial charge in [-0.15, -0.1) is 0 Å². The SMILES string of the molecule is CCC1CN2CCC1C[C@@H]2[C@@H](Oc1nc(-c2ccccc2)nc(O[C@@H](c2ccnc3ccc(C)cc23)[C@H]2C[C@H]3CCN2C[C@@H]3CC)c1-c1ccccc1)c1ccnc2ccc(C)cc12. The Morgan fingerprint density at radius 1 is 0.578 bits per heavy atom.